The summed E-state index contributed by atoms with van der Waals surface area (Å²) in [4.78, 5) is 11.9. The Kier molecular flexibility index (Phi) is 3.24. The van der Waals surface area contributed by atoms with Crippen molar-refractivity contribution in [3.05, 3.63) is 89.2 Å². The lowest BCUT2D eigenvalue weighted by atomic mass is 9.99. The molecule has 0 amide bonds. The Bertz CT molecular complexity index is 1040. The van der Waals surface area contributed by atoms with Crippen LogP contribution in [0.4, 0.5) is 0 Å². The molecule has 0 aliphatic rings. The summed E-state index contributed by atoms with van der Waals surface area (Å²) in [6.45, 7) is 0. The van der Waals surface area contributed by atoms with Crippen LogP contribution in [0.15, 0.2) is 83.7 Å². The number of benzene rings is 3. The number of hydrogen-bond acceptors (Lipinski definition) is 2. The van der Waals surface area contributed by atoms with Gasteiger partial charge in [0.05, 0.1) is 11.1 Å². The minimum atomic E-state index is -0.163. The van der Waals surface area contributed by atoms with Gasteiger partial charge in [0, 0.05) is 10.9 Å². The molecule has 1 aromatic heterocycles. The predicted molar refractivity (Wildman–Crippen MR) is 93.2 cm³/mol. The summed E-state index contributed by atoms with van der Waals surface area (Å²) < 4.78 is 0. The second kappa shape index (κ2) is 5.54. The second-order valence-electron chi connectivity index (χ2n) is 5.39. The number of nitrogens with zero attached hydrogens (tertiary/aromatic N) is 1. The summed E-state index contributed by atoms with van der Waals surface area (Å²) >= 11 is 0. The molecule has 0 aliphatic heterocycles. The summed E-state index contributed by atoms with van der Waals surface area (Å²) in [7, 11) is 0. The zero-order valence-electron chi connectivity index (χ0n) is 12.4. The van der Waals surface area contributed by atoms with Gasteiger partial charge in [0.1, 0.15) is 0 Å². The van der Waals surface area contributed by atoms with Crippen LogP contribution >= 0.6 is 0 Å². The fourth-order valence-corrected chi connectivity index (χ4v) is 2.81. The lowest BCUT2D eigenvalue weighted by Crippen LogP contribution is -2.09. The van der Waals surface area contributed by atoms with Crippen LogP contribution in [0.25, 0.3) is 33.2 Å². The number of nitrogens with one attached hydrogen (secondary N) is 1. The van der Waals surface area contributed by atoms with Crippen molar-refractivity contribution in [2.45, 2.75) is 0 Å². The van der Waals surface area contributed by atoms with Crippen LogP contribution in [0.3, 0.4) is 0 Å². The van der Waals surface area contributed by atoms with E-state index < -0.39 is 0 Å². The number of rotatable bonds is 2. The van der Waals surface area contributed by atoms with E-state index in [0.717, 1.165) is 27.8 Å². The Hall–Kier alpha value is -3.20. The molecule has 0 saturated carbocycles. The molecule has 0 atom stereocenters. The summed E-state index contributed by atoms with van der Waals surface area (Å²) in [6.07, 6.45) is 0. The average molecular weight is 298 g/mol. The highest BCUT2D eigenvalue weighted by Crippen LogP contribution is 2.28. The molecular weight excluding hydrogens is 284 g/mol. The standard InChI is InChI=1S/C20H14N2O/c23-20-18-12-5-4-11-17(18)19(21-22-20)16-10-6-9-15(13-16)14-7-2-1-3-8-14/h1-13H,(H,22,23). The Morgan fingerprint density at radius 1 is 0.652 bits per heavy atom. The van der Waals surface area contributed by atoms with Crippen LogP contribution in [0.2, 0.25) is 0 Å². The third kappa shape index (κ3) is 2.42. The first-order valence-corrected chi connectivity index (χ1v) is 7.46. The van der Waals surface area contributed by atoms with Gasteiger partial charge in [0.25, 0.3) is 5.56 Å². The van der Waals surface area contributed by atoms with Gasteiger partial charge in [-0.25, -0.2) is 5.10 Å². The lowest BCUT2D eigenvalue weighted by molar-refractivity contribution is 1.02. The van der Waals surface area contributed by atoms with Crippen LogP contribution in [0.5, 0.6) is 0 Å². The van der Waals surface area contributed by atoms with E-state index in [1.807, 2.05) is 54.6 Å². The van der Waals surface area contributed by atoms with Gasteiger partial charge in [0.15, 0.2) is 0 Å². The molecule has 110 valence electrons. The molecular formula is C20H14N2O. The number of aromatic amines is 1. The molecule has 0 spiro atoms. The number of hydrogen-bond donors (Lipinski definition) is 1. The van der Waals surface area contributed by atoms with Crippen molar-refractivity contribution in [2.24, 2.45) is 0 Å². The average Bonchev–Trinajstić information content (AvgIpc) is 2.63. The van der Waals surface area contributed by atoms with Crippen LogP contribution in [-0.4, -0.2) is 10.2 Å². The van der Waals surface area contributed by atoms with Crippen LogP contribution in [-0.2, 0) is 0 Å². The molecule has 3 nitrogen and oxygen atoms in total. The number of H-pyrrole nitrogens is 1. The quantitative estimate of drug-likeness (QED) is 0.601. The monoisotopic (exact) mass is 298 g/mol. The first-order valence-electron chi connectivity index (χ1n) is 7.46. The first kappa shape index (κ1) is 13.5. The van der Waals surface area contributed by atoms with Crippen molar-refractivity contribution in [1.29, 1.82) is 0 Å². The van der Waals surface area contributed by atoms with E-state index in [9.17, 15) is 4.79 Å². The van der Waals surface area contributed by atoms with E-state index in [2.05, 4.69) is 34.5 Å². The van der Waals surface area contributed by atoms with Crippen LogP contribution in [0.1, 0.15) is 0 Å². The van der Waals surface area contributed by atoms with Crippen molar-refractivity contribution in [3.63, 3.8) is 0 Å². The van der Waals surface area contributed by atoms with E-state index in [1.165, 1.54) is 0 Å². The van der Waals surface area contributed by atoms with Crippen molar-refractivity contribution in [2.75, 3.05) is 0 Å². The van der Waals surface area contributed by atoms with Gasteiger partial charge in [-0.1, -0.05) is 66.7 Å². The third-order valence-corrected chi connectivity index (χ3v) is 3.94. The van der Waals surface area contributed by atoms with Crippen molar-refractivity contribution >= 4 is 10.8 Å². The Morgan fingerprint density at radius 3 is 2.13 bits per heavy atom. The number of fused-ring (bicyclic) bond motifs is 1. The summed E-state index contributed by atoms with van der Waals surface area (Å²) in [6, 6.07) is 26.0. The van der Waals surface area contributed by atoms with E-state index in [-0.39, 0.29) is 5.56 Å². The summed E-state index contributed by atoms with van der Waals surface area (Å²) in [5, 5.41) is 8.39. The fourth-order valence-electron chi connectivity index (χ4n) is 2.81. The molecule has 0 unspecified atom stereocenters. The molecule has 0 radical (unpaired) electrons. The van der Waals surface area contributed by atoms with Gasteiger partial charge in [0.2, 0.25) is 0 Å². The number of aromatic nitrogens is 2. The maximum Gasteiger partial charge on any atom is 0.272 e. The lowest BCUT2D eigenvalue weighted by Gasteiger charge is -2.07. The van der Waals surface area contributed by atoms with Crippen LogP contribution < -0.4 is 5.56 Å². The van der Waals surface area contributed by atoms with E-state index in [4.69, 9.17) is 0 Å². The molecule has 1 N–H and O–H groups in total. The molecule has 4 rings (SSSR count). The molecule has 3 heteroatoms. The predicted octanol–water partition coefficient (Wildman–Crippen LogP) is 4.26. The van der Waals surface area contributed by atoms with Gasteiger partial charge in [-0.3, -0.25) is 4.79 Å². The fraction of sp³-hybridized carbons (Fsp3) is 0. The highest BCUT2D eigenvalue weighted by Gasteiger charge is 2.09. The summed E-state index contributed by atoms with van der Waals surface area (Å²) in [5.74, 6) is 0. The largest absolute Gasteiger partial charge is 0.272 e. The Labute approximate surface area is 133 Å². The second-order valence-corrected chi connectivity index (χ2v) is 5.39. The van der Waals surface area contributed by atoms with Crippen LogP contribution in [0, 0.1) is 0 Å². The summed E-state index contributed by atoms with van der Waals surface area (Å²) in [5.41, 5.74) is 3.89. The zero-order chi connectivity index (χ0) is 15.6. The molecule has 3 aromatic carbocycles. The Morgan fingerprint density at radius 2 is 1.30 bits per heavy atom. The van der Waals surface area contributed by atoms with E-state index >= 15 is 0 Å². The molecule has 1 heterocycles. The maximum atomic E-state index is 11.9. The first-order chi connectivity index (χ1) is 11.3. The van der Waals surface area contributed by atoms with E-state index in [1.54, 1.807) is 0 Å². The van der Waals surface area contributed by atoms with Crippen molar-refractivity contribution in [3.8, 4) is 22.4 Å². The normalized spacial score (nSPS) is 10.8. The Balaban J connectivity index is 1.93. The smallest absolute Gasteiger partial charge is 0.267 e. The molecule has 0 saturated heterocycles. The third-order valence-electron chi connectivity index (χ3n) is 3.94. The topological polar surface area (TPSA) is 45.8 Å². The minimum absolute atomic E-state index is 0.163. The highest BCUT2D eigenvalue weighted by molar-refractivity contribution is 5.94. The van der Waals surface area contributed by atoms with E-state index in [0.29, 0.717) is 5.39 Å². The molecule has 0 aliphatic carbocycles. The molecule has 0 fully saturated rings. The van der Waals surface area contributed by atoms with Crippen molar-refractivity contribution < 1.29 is 0 Å². The highest BCUT2D eigenvalue weighted by atomic mass is 16.1. The SMILES string of the molecule is O=c1[nH]nc(-c2cccc(-c3ccccc3)c2)c2ccccc12. The molecule has 0 bridgehead atoms. The maximum absolute atomic E-state index is 11.9. The van der Waals surface area contributed by atoms with Gasteiger partial charge in [-0.15, -0.1) is 0 Å². The molecule has 23 heavy (non-hydrogen) atoms. The molecule has 4 aromatic rings. The van der Waals surface area contributed by atoms with Gasteiger partial charge in [-0.2, -0.15) is 5.10 Å². The zero-order valence-corrected chi connectivity index (χ0v) is 12.4. The van der Waals surface area contributed by atoms with Gasteiger partial charge in [-0.05, 0) is 23.3 Å². The van der Waals surface area contributed by atoms with Gasteiger partial charge < -0.3 is 0 Å². The minimum Gasteiger partial charge on any atom is -0.267 e. The van der Waals surface area contributed by atoms with Gasteiger partial charge >= 0.3 is 0 Å². The van der Waals surface area contributed by atoms with Crippen molar-refractivity contribution in [1.82, 2.24) is 10.2 Å².